The quantitative estimate of drug-likeness (QED) is 0.0616. The molecule has 0 aliphatic heterocycles. The van der Waals surface area contributed by atoms with E-state index < -0.39 is 126 Å². The molecular weight excluding hydrogens is 936 g/mol. The number of alkyl halides is 8. The highest BCUT2D eigenvalue weighted by atomic mass is 35.5. The molecular formula is C39H34ClF10N7O5S2. The molecule has 64 heavy (non-hydrogen) atoms. The van der Waals surface area contributed by atoms with Gasteiger partial charge < -0.3 is 10.6 Å². The molecule has 6 rings (SSSR count). The average molecular weight is 970 g/mol. The summed E-state index contributed by atoms with van der Waals surface area (Å²) in [5.74, 6) is -5.75. The van der Waals surface area contributed by atoms with Crippen LogP contribution in [0.15, 0.2) is 53.7 Å². The van der Waals surface area contributed by atoms with Crippen molar-refractivity contribution >= 4 is 59.8 Å². The van der Waals surface area contributed by atoms with E-state index in [2.05, 4.69) is 27.2 Å². The van der Waals surface area contributed by atoms with Gasteiger partial charge in [0.25, 0.3) is 5.92 Å². The van der Waals surface area contributed by atoms with Crippen LogP contribution in [-0.2, 0) is 37.6 Å². The fraction of sp³-hybridized carbons (Fsp3) is 0.385. The van der Waals surface area contributed by atoms with Crippen LogP contribution < -0.4 is 15.4 Å². The van der Waals surface area contributed by atoms with Crippen molar-refractivity contribution < 1.29 is 65.5 Å². The minimum Gasteiger partial charge on any atom is -0.374 e. The van der Waals surface area contributed by atoms with Crippen molar-refractivity contribution in [1.82, 2.24) is 25.4 Å². The van der Waals surface area contributed by atoms with E-state index in [9.17, 15) is 56.8 Å². The van der Waals surface area contributed by atoms with Crippen molar-refractivity contribution in [2.75, 3.05) is 23.8 Å². The molecule has 2 aliphatic carbocycles. The van der Waals surface area contributed by atoms with E-state index >= 15 is 8.78 Å². The molecule has 2 aromatic carbocycles. The Morgan fingerprint density at radius 3 is 2.20 bits per heavy atom. The Labute approximate surface area is 363 Å². The molecule has 1 amide bonds. The van der Waals surface area contributed by atoms with Gasteiger partial charge >= 0.3 is 12.4 Å². The lowest BCUT2D eigenvalue weighted by Gasteiger charge is -2.24. The Morgan fingerprint density at radius 1 is 1.00 bits per heavy atom. The van der Waals surface area contributed by atoms with Crippen LogP contribution in [0.25, 0.3) is 22.0 Å². The van der Waals surface area contributed by atoms with Gasteiger partial charge in [-0.05, 0) is 74.4 Å². The number of hydrogen-bond acceptors (Lipinski definition) is 9. The Hall–Kier alpha value is -5.41. The fourth-order valence-corrected chi connectivity index (χ4v) is 8.08. The summed E-state index contributed by atoms with van der Waals surface area (Å²) in [6, 6.07) is 5.27. The van der Waals surface area contributed by atoms with Crippen LogP contribution in [0.5, 0.6) is 0 Å². The highest BCUT2D eigenvalue weighted by Crippen LogP contribution is 2.63. The number of carbonyl (C=O) groups is 1. The van der Waals surface area contributed by atoms with E-state index in [1.54, 1.807) is 0 Å². The Bertz CT molecular complexity index is 2900. The molecule has 4 aromatic rings. The number of halogens is 11. The third-order valence-electron chi connectivity index (χ3n) is 10.3. The molecule has 0 saturated heterocycles. The topological polar surface area (TPSA) is 176 Å². The maximum absolute atomic E-state index is 15.3. The Balaban J connectivity index is 1.56. The number of benzene rings is 2. The minimum atomic E-state index is -5.32. The molecule has 2 heterocycles. The van der Waals surface area contributed by atoms with Crippen LogP contribution in [0, 0.1) is 40.7 Å². The zero-order valence-corrected chi connectivity index (χ0v) is 35.8. The second-order valence-corrected chi connectivity index (χ2v) is 20.4. The first-order chi connectivity index (χ1) is 29.3. The van der Waals surface area contributed by atoms with Crippen molar-refractivity contribution in [1.29, 1.82) is 5.41 Å². The largest absolute Gasteiger partial charge is 0.433 e. The Kier molecular flexibility index (Phi) is 12.4. The van der Waals surface area contributed by atoms with Gasteiger partial charge in [0.05, 0.1) is 46.2 Å². The van der Waals surface area contributed by atoms with Gasteiger partial charge in [0, 0.05) is 34.9 Å². The van der Waals surface area contributed by atoms with Gasteiger partial charge in [-0.25, -0.2) is 30.6 Å². The molecule has 1 saturated carbocycles. The number of fused-ring (bicyclic) bond motifs is 2. The minimum absolute atomic E-state index is 0.188. The molecule has 2 aliphatic rings. The number of sulfone groups is 1. The van der Waals surface area contributed by atoms with Gasteiger partial charge in [0.15, 0.2) is 15.7 Å². The van der Waals surface area contributed by atoms with E-state index in [1.807, 2.05) is 10.0 Å². The van der Waals surface area contributed by atoms with Crippen LogP contribution in [0.4, 0.5) is 49.7 Å². The third-order valence-corrected chi connectivity index (χ3v) is 13.2. The molecule has 3 atom stereocenters. The highest BCUT2D eigenvalue weighted by Gasteiger charge is 2.67. The van der Waals surface area contributed by atoms with E-state index in [0.717, 1.165) is 24.5 Å². The smallest absolute Gasteiger partial charge is 0.374 e. The fourth-order valence-electron chi connectivity index (χ4n) is 7.11. The summed E-state index contributed by atoms with van der Waals surface area (Å²) in [5, 5.41) is 15.3. The number of nitrogens with zero attached hydrogens (tertiary/aromatic N) is 3. The Morgan fingerprint density at radius 2 is 1.62 bits per heavy atom. The predicted octanol–water partition coefficient (Wildman–Crippen LogP) is 7.25. The summed E-state index contributed by atoms with van der Waals surface area (Å²) in [6.07, 6.45) is -9.68. The first-order valence-electron chi connectivity index (χ1n) is 18.5. The lowest BCUT2D eigenvalue weighted by molar-refractivity contribution is -0.141. The lowest BCUT2D eigenvalue weighted by atomic mass is 9.93. The monoisotopic (exact) mass is 969 g/mol. The molecule has 4 N–H and O–H groups in total. The molecule has 0 radical (unpaired) electrons. The highest BCUT2D eigenvalue weighted by molar-refractivity contribution is 7.92. The number of carbonyl (C=O) groups excluding carboxylic acids is 1. The number of allylic oxidation sites excluding steroid dienone is 2. The second kappa shape index (κ2) is 16.5. The number of hydrogen-bond donors (Lipinski definition) is 4. The normalized spacial score (nSPS) is 18.0. The number of sulfonamides is 1. The van der Waals surface area contributed by atoms with Crippen molar-refractivity contribution in [3.05, 3.63) is 87.3 Å². The SMILES string of the molecule is CC(C)(C#Cc1ccc(-c2ccc(Cl)c3c(NS(C)(=O)=O)nn(CC(F)(F)F)c23)c(C(Cc2cc(F)cc(F)c2)NC(=O)CNC2=C(C(=N)C(F)(F)F)C3CC3C2(F)F)n1)S(C)(=O)=O. The average Bonchev–Trinajstić information content (AvgIpc) is 3.81. The van der Waals surface area contributed by atoms with Crippen LogP contribution in [-0.4, -0.2) is 85.3 Å². The maximum Gasteiger partial charge on any atom is 0.433 e. The summed E-state index contributed by atoms with van der Waals surface area (Å²) in [4.78, 5) is 18.3. The summed E-state index contributed by atoms with van der Waals surface area (Å²) < 4.78 is 193. The second-order valence-electron chi connectivity index (χ2n) is 15.7. The predicted molar refractivity (Wildman–Crippen MR) is 215 cm³/mol. The van der Waals surface area contributed by atoms with Crippen molar-refractivity contribution in [2.45, 2.75) is 62.3 Å². The number of nitrogens with one attached hydrogen (secondary N) is 4. The molecule has 344 valence electrons. The van der Waals surface area contributed by atoms with E-state index in [1.165, 1.54) is 32.0 Å². The number of rotatable bonds is 13. The first kappa shape index (κ1) is 48.1. The molecule has 0 bridgehead atoms. The van der Waals surface area contributed by atoms with Gasteiger partial charge in [0.2, 0.25) is 15.9 Å². The third kappa shape index (κ3) is 10.3. The number of pyridine rings is 1. The van der Waals surface area contributed by atoms with E-state index in [-0.39, 0.29) is 44.9 Å². The lowest BCUT2D eigenvalue weighted by Crippen LogP contribution is -2.41. The molecule has 2 aromatic heterocycles. The number of aromatic nitrogens is 3. The van der Waals surface area contributed by atoms with E-state index in [4.69, 9.17) is 17.0 Å². The summed E-state index contributed by atoms with van der Waals surface area (Å²) >= 11 is 6.44. The first-order valence-corrected chi connectivity index (χ1v) is 22.7. The molecule has 3 unspecified atom stereocenters. The van der Waals surface area contributed by atoms with Crippen LogP contribution in [0.1, 0.15) is 43.3 Å². The summed E-state index contributed by atoms with van der Waals surface area (Å²) in [5.41, 5.74) is -6.02. The van der Waals surface area contributed by atoms with Gasteiger partial charge in [-0.15, -0.1) is 0 Å². The van der Waals surface area contributed by atoms with E-state index in [0.29, 0.717) is 17.0 Å². The summed E-state index contributed by atoms with van der Waals surface area (Å²) in [7, 11) is -8.05. The molecule has 12 nitrogen and oxygen atoms in total. The van der Waals surface area contributed by atoms with Crippen molar-refractivity contribution in [3.8, 4) is 23.0 Å². The standard InChI is InChI=1S/C39H34ClF10N7O5S2/c1-36(2,63(3,59)60)10-9-21-5-6-22(23-7-8-26(40)30-32(23)57(17-37(43,44)45)55-35(30)56-64(4,61)62)31(53-21)27(13-18-11-19(41)14-20(42)12-18)54-28(58)16-52-34-29(33(51)39(48,49)50)24-15-25(24)38(34,46)47/h5-8,11-12,14,24-25,27,51-52H,13,15-17H2,1-4H3,(H,54,58)(H,55,56). The van der Waals surface area contributed by atoms with Gasteiger partial charge in [-0.3, -0.25) is 19.6 Å². The van der Waals surface area contributed by atoms with Crippen molar-refractivity contribution in [2.24, 2.45) is 11.8 Å². The van der Waals surface area contributed by atoms with Crippen molar-refractivity contribution in [3.63, 3.8) is 0 Å². The van der Waals surface area contributed by atoms with Crippen LogP contribution in [0.3, 0.4) is 0 Å². The maximum atomic E-state index is 15.3. The molecule has 0 spiro atoms. The van der Waals surface area contributed by atoms with Gasteiger partial charge in [0.1, 0.15) is 34.3 Å². The molecule has 25 heteroatoms. The molecule has 1 fully saturated rings. The zero-order valence-electron chi connectivity index (χ0n) is 33.5. The van der Waals surface area contributed by atoms with Crippen LogP contribution in [0.2, 0.25) is 5.02 Å². The number of amides is 1. The number of anilines is 1. The van der Waals surface area contributed by atoms with Crippen LogP contribution >= 0.6 is 11.6 Å². The van der Waals surface area contributed by atoms with Gasteiger partial charge in [-0.2, -0.15) is 40.2 Å². The summed E-state index contributed by atoms with van der Waals surface area (Å²) in [6.45, 7) is -0.461. The van der Waals surface area contributed by atoms with Gasteiger partial charge in [-0.1, -0.05) is 23.6 Å². The zero-order chi connectivity index (χ0) is 47.7.